The number of likely N-dealkylation sites (N-methyl/N-ethyl adjacent to an activating group) is 2. The van der Waals surface area contributed by atoms with Crippen molar-refractivity contribution in [3.8, 4) is 0 Å². The SMILES string of the molecule is CCC(C)C(C(CC(=O)N1CCC[C@H]1C(OC)C(C)C(=O)NC(Cc1ccccc1)c1nccs1)OC)N(C)C(=O)C(NC(=O)C(C(C)C)N(C)CCCCOC(=O)NC)C(C)C. The number of likely N-dealkylation sites (tertiary alicyclic amines) is 1. The first-order valence-corrected chi connectivity index (χ1v) is 23.6. The molecule has 9 atom stereocenters. The first-order chi connectivity index (χ1) is 30.0. The van der Waals surface area contributed by atoms with Crippen LogP contribution in [-0.2, 0) is 39.8 Å². The molecule has 0 radical (unpaired) electrons. The van der Waals surface area contributed by atoms with Crippen LogP contribution >= 0.6 is 11.3 Å². The fourth-order valence-corrected chi connectivity index (χ4v) is 9.58. The lowest BCUT2D eigenvalue weighted by Crippen LogP contribution is -2.60. The van der Waals surface area contributed by atoms with Crippen molar-refractivity contribution < 1.29 is 38.2 Å². The van der Waals surface area contributed by atoms with Crippen LogP contribution in [0.1, 0.15) is 104 Å². The van der Waals surface area contributed by atoms with Gasteiger partial charge in [0.15, 0.2) is 0 Å². The summed E-state index contributed by atoms with van der Waals surface area (Å²) >= 11 is 1.50. The Balaban J connectivity index is 1.75. The number of nitrogens with one attached hydrogen (secondary N) is 3. The molecular weight excluding hydrogens is 823 g/mol. The molecule has 354 valence electrons. The summed E-state index contributed by atoms with van der Waals surface area (Å²) in [5, 5.41) is 11.5. The van der Waals surface area contributed by atoms with Crippen molar-refractivity contribution in [2.75, 3.05) is 55.1 Å². The average molecular weight is 900 g/mol. The van der Waals surface area contributed by atoms with Gasteiger partial charge in [-0.3, -0.25) is 24.1 Å². The lowest BCUT2D eigenvalue weighted by molar-refractivity contribution is -0.148. The number of benzene rings is 1. The van der Waals surface area contributed by atoms with Crippen molar-refractivity contribution in [1.29, 1.82) is 0 Å². The van der Waals surface area contributed by atoms with Crippen LogP contribution in [0.4, 0.5) is 4.79 Å². The zero-order chi connectivity index (χ0) is 46.8. The van der Waals surface area contributed by atoms with Crippen LogP contribution in [0.3, 0.4) is 0 Å². The van der Waals surface area contributed by atoms with Gasteiger partial charge in [0.05, 0.1) is 55.3 Å². The fourth-order valence-electron chi connectivity index (χ4n) is 8.89. The van der Waals surface area contributed by atoms with E-state index in [-0.39, 0.29) is 66.5 Å². The minimum atomic E-state index is -0.821. The molecule has 1 aliphatic heterocycles. The Morgan fingerprint density at radius 1 is 0.937 bits per heavy atom. The van der Waals surface area contributed by atoms with Crippen molar-refractivity contribution in [3.05, 3.63) is 52.5 Å². The zero-order valence-electron chi connectivity index (χ0n) is 39.9. The maximum absolute atomic E-state index is 14.5. The predicted octanol–water partition coefficient (Wildman–Crippen LogP) is 5.70. The molecule has 2 heterocycles. The highest BCUT2D eigenvalue weighted by atomic mass is 32.1. The monoisotopic (exact) mass is 900 g/mol. The van der Waals surface area contributed by atoms with Crippen molar-refractivity contribution >= 4 is 41.1 Å². The highest BCUT2D eigenvalue weighted by Gasteiger charge is 2.43. The molecule has 0 spiro atoms. The van der Waals surface area contributed by atoms with E-state index < -0.39 is 42.3 Å². The third-order valence-electron chi connectivity index (χ3n) is 12.6. The second-order valence-corrected chi connectivity index (χ2v) is 18.6. The van der Waals surface area contributed by atoms with Gasteiger partial charge >= 0.3 is 6.09 Å². The van der Waals surface area contributed by atoms with Gasteiger partial charge in [-0.1, -0.05) is 85.2 Å². The van der Waals surface area contributed by atoms with E-state index in [1.807, 2.05) is 101 Å². The van der Waals surface area contributed by atoms with Crippen LogP contribution in [0, 0.1) is 23.7 Å². The summed E-state index contributed by atoms with van der Waals surface area (Å²) < 4.78 is 17.3. The van der Waals surface area contributed by atoms with Crippen molar-refractivity contribution in [2.45, 2.75) is 136 Å². The van der Waals surface area contributed by atoms with Crippen LogP contribution in [0.2, 0.25) is 0 Å². The van der Waals surface area contributed by atoms with E-state index >= 15 is 0 Å². The Kier molecular flexibility index (Phi) is 22.5. The fraction of sp³-hybridized carbons (Fsp3) is 0.702. The number of unbranched alkanes of at least 4 members (excludes halogenated alkanes) is 1. The number of hydrogen-bond acceptors (Lipinski definition) is 11. The second-order valence-electron chi connectivity index (χ2n) is 17.7. The Labute approximate surface area is 380 Å². The van der Waals surface area contributed by atoms with Gasteiger partial charge in [0.25, 0.3) is 0 Å². The smallest absolute Gasteiger partial charge is 0.406 e. The number of alkyl carbamates (subject to hydrolysis) is 1. The first kappa shape index (κ1) is 53.2. The quantitative estimate of drug-likeness (QED) is 0.0997. The molecule has 1 fully saturated rings. The van der Waals surface area contributed by atoms with E-state index in [9.17, 15) is 24.0 Å². The van der Waals surface area contributed by atoms with Crippen molar-refractivity contribution in [3.63, 3.8) is 0 Å². The van der Waals surface area contributed by atoms with Crippen LogP contribution in [0.15, 0.2) is 41.9 Å². The van der Waals surface area contributed by atoms with Gasteiger partial charge in [0.2, 0.25) is 23.6 Å². The van der Waals surface area contributed by atoms with Crippen molar-refractivity contribution in [1.82, 2.24) is 35.6 Å². The Hall–Kier alpha value is -4.12. The topological polar surface area (TPSA) is 172 Å². The number of aromatic nitrogens is 1. The summed E-state index contributed by atoms with van der Waals surface area (Å²) in [6.45, 7) is 15.1. The molecule has 1 saturated heterocycles. The minimum Gasteiger partial charge on any atom is -0.450 e. The van der Waals surface area contributed by atoms with E-state index in [0.717, 1.165) is 29.8 Å². The molecule has 8 unspecified atom stereocenters. The first-order valence-electron chi connectivity index (χ1n) is 22.7. The Morgan fingerprint density at radius 3 is 2.21 bits per heavy atom. The van der Waals surface area contributed by atoms with E-state index in [1.54, 1.807) is 32.4 Å². The molecule has 2 aromatic rings. The van der Waals surface area contributed by atoms with Gasteiger partial charge in [-0.05, 0) is 69.0 Å². The molecule has 3 rings (SSSR count). The summed E-state index contributed by atoms with van der Waals surface area (Å²) in [5.41, 5.74) is 1.08. The Morgan fingerprint density at radius 2 is 1.63 bits per heavy atom. The highest BCUT2D eigenvalue weighted by molar-refractivity contribution is 7.09. The highest BCUT2D eigenvalue weighted by Crippen LogP contribution is 2.31. The minimum absolute atomic E-state index is 0.0207. The molecule has 0 bridgehead atoms. The van der Waals surface area contributed by atoms with Gasteiger partial charge < -0.3 is 40.0 Å². The van der Waals surface area contributed by atoms with Crippen LogP contribution in [-0.4, -0.2) is 141 Å². The average Bonchev–Trinajstić information content (AvgIpc) is 3.99. The van der Waals surface area contributed by atoms with E-state index in [2.05, 4.69) is 20.9 Å². The second kappa shape index (κ2) is 26.6. The maximum Gasteiger partial charge on any atom is 0.406 e. The van der Waals surface area contributed by atoms with Gasteiger partial charge in [-0.2, -0.15) is 0 Å². The Bertz CT molecular complexity index is 1700. The number of amides is 5. The van der Waals surface area contributed by atoms with Gasteiger partial charge in [0.1, 0.15) is 11.0 Å². The molecule has 1 aromatic carbocycles. The van der Waals surface area contributed by atoms with E-state index in [0.29, 0.717) is 32.4 Å². The normalized spacial score (nSPS) is 18.0. The standard InChI is InChI=1S/C47H77N7O8S/c1-13-32(6)41(53(10)46(58)39(30(2)3)51-44(57)40(31(4)5)52(9)24-17-18-26-62-47(59)48-8)37(60-11)29-38(55)54-25-19-22-36(54)42(61-12)33(7)43(56)50-35(45-49-23-27-63-45)28-34-20-15-14-16-21-34/h14-16,20-21,23,27,30-33,35-37,39-42H,13,17-19,22,24-26,28-29H2,1-12H3,(H,48,59)(H,50,56)(H,51,57)/t32?,33?,35?,36-,37?,39?,40?,41?,42?/m0/s1. The molecule has 1 aliphatic rings. The number of carbonyl (C=O) groups excluding carboxylic acids is 5. The number of thiazole rings is 1. The maximum atomic E-state index is 14.5. The summed E-state index contributed by atoms with van der Waals surface area (Å²) in [6, 6.07) is 7.54. The molecule has 0 aliphatic carbocycles. The molecule has 63 heavy (non-hydrogen) atoms. The molecular formula is C47H77N7O8S. The van der Waals surface area contributed by atoms with Gasteiger partial charge in [-0.15, -0.1) is 11.3 Å². The lowest BCUT2D eigenvalue weighted by atomic mass is 9.89. The predicted molar refractivity (Wildman–Crippen MR) is 247 cm³/mol. The van der Waals surface area contributed by atoms with Crippen LogP contribution in [0.5, 0.6) is 0 Å². The number of methoxy groups -OCH3 is 2. The summed E-state index contributed by atoms with van der Waals surface area (Å²) in [4.78, 5) is 78.4. The van der Waals surface area contributed by atoms with Crippen LogP contribution < -0.4 is 16.0 Å². The van der Waals surface area contributed by atoms with E-state index in [1.165, 1.54) is 18.4 Å². The molecule has 15 nitrogen and oxygen atoms in total. The summed E-state index contributed by atoms with van der Waals surface area (Å²) in [6.07, 6.45) is 4.20. The number of ether oxygens (including phenoxy) is 3. The molecule has 1 aromatic heterocycles. The molecule has 0 saturated carbocycles. The largest absolute Gasteiger partial charge is 0.450 e. The van der Waals surface area contributed by atoms with Gasteiger partial charge in [-0.25, -0.2) is 9.78 Å². The lowest BCUT2D eigenvalue weighted by Gasteiger charge is -2.41. The summed E-state index contributed by atoms with van der Waals surface area (Å²) in [5.74, 6) is -1.69. The van der Waals surface area contributed by atoms with Gasteiger partial charge in [0, 0.05) is 46.4 Å². The summed E-state index contributed by atoms with van der Waals surface area (Å²) in [7, 11) is 8.30. The molecule has 5 amide bonds. The van der Waals surface area contributed by atoms with Crippen LogP contribution in [0.25, 0.3) is 0 Å². The third kappa shape index (κ3) is 15.2. The number of carbonyl (C=O) groups is 5. The zero-order valence-corrected chi connectivity index (χ0v) is 40.7. The molecule has 16 heteroatoms. The van der Waals surface area contributed by atoms with Crippen molar-refractivity contribution in [2.24, 2.45) is 23.7 Å². The van der Waals surface area contributed by atoms with E-state index in [4.69, 9.17) is 14.2 Å². The number of nitrogens with zero attached hydrogens (tertiary/aromatic N) is 4. The number of rotatable bonds is 26. The number of hydrogen-bond donors (Lipinski definition) is 3. The molecule has 3 N–H and O–H groups in total. The third-order valence-corrected chi connectivity index (χ3v) is 13.4.